The predicted molar refractivity (Wildman–Crippen MR) is 168 cm³/mol. The van der Waals surface area contributed by atoms with Crippen LogP contribution >= 0.6 is 0 Å². The Morgan fingerprint density at radius 1 is 1.02 bits per heavy atom. The fraction of sp³-hybridized carbons (Fsp3) is 0.375. The minimum atomic E-state index is -1.49. The molecular formula is C32H36N8O4. The molecule has 0 fully saturated rings. The van der Waals surface area contributed by atoms with E-state index >= 15 is 0 Å². The van der Waals surface area contributed by atoms with Crippen LogP contribution in [0.4, 0.5) is 5.69 Å². The van der Waals surface area contributed by atoms with E-state index in [1.54, 1.807) is 48.5 Å². The van der Waals surface area contributed by atoms with Crippen LogP contribution in [0.1, 0.15) is 61.0 Å². The van der Waals surface area contributed by atoms with E-state index in [2.05, 4.69) is 32.3 Å². The normalized spacial score (nSPS) is 17.0. The number of carbonyl (C=O) groups excluding carboxylic acids is 1. The SMILES string of the molecule is CCCCCNC(=O)[C@]1(Cc2ccccc2CN=[N+]=[N-])N=C(c2ccc(OCCCO)cc2)O[C@@H]1c1ccccc1N=[N+]=[N-]. The van der Waals surface area contributed by atoms with Gasteiger partial charge in [-0.15, -0.1) is 0 Å². The number of rotatable bonds is 16. The minimum Gasteiger partial charge on any atom is -0.494 e. The average molecular weight is 597 g/mol. The molecule has 1 heterocycles. The summed E-state index contributed by atoms with van der Waals surface area (Å²) < 4.78 is 12.2. The molecule has 0 aliphatic carbocycles. The Morgan fingerprint density at radius 3 is 2.50 bits per heavy atom. The van der Waals surface area contributed by atoms with Gasteiger partial charge >= 0.3 is 0 Å². The van der Waals surface area contributed by atoms with Gasteiger partial charge in [0.05, 0.1) is 13.2 Å². The van der Waals surface area contributed by atoms with E-state index in [0.717, 1.165) is 30.4 Å². The summed E-state index contributed by atoms with van der Waals surface area (Å²) in [6, 6.07) is 21.6. The molecule has 3 aromatic carbocycles. The van der Waals surface area contributed by atoms with Gasteiger partial charge in [-0.25, -0.2) is 4.99 Å². The molecule has 1 aliphatic rings. The van der Waals surface area contributed by atoms with Crippen molar-refractivity contribution in [1.82, 2.24) is 5.32 Å². The van der Waals surface area contributed by atoms with Crippen LogP contribution < -0.4 is 10.1 Å². The van der Waals surface area contributed by atoms with Crippen molar-refractivity contribution >= 4 is 17.5 Å². The van der Waals surface area contributed by atoms with Crippen LogP contribution in [0, 0.1) is 0 Å². The lowest BCUT2D eigenvalue weighted by Gasteiger charge is -2.32. The molecule has 0 spiro atoms. The Bertz CT molecular complexity index is 1550. The van der Waals surface area contributed by atoms with Gasteiger partial charge in [-0.1, -0.05) is 78.5 Å². The molecule has 4 rings (SSSR count). The topological polar surface area (TPSA) is 178 Å². The molecule has 0 bridgehead atoms. The van der Waals surface area contributed by atoms with E-state index in [1.807, 2.05) is 24.3 Å². The first-order valence-electron chi connectivity index (χ1n) is 14.7. The van der Waals surface area contributed by atoms with E-state index in [-0.39, 0.29) is 31.4 Å². The van der Waals surface area contributed by atoms with Crippen molar-refractivity contribution in [3.8, 4) is 5.75 Å². The molecule has 0 saturated carbocycles. The maximum Gasteiger partial charge on any atom is 0.252 e. The summed E-state index contributed by atoms with van der Waals surface area (Å²) in [4.78, 5) is 25.3. The predicted octanol–water partition coefficient (Wildman–Crippen LogP) is 7.01. The van der Waals surface area contributed by atoms with Gasteiger partial charge in [-0.3, -0.25) is 4.79 Å². The van der Waals surface area contributed by atoms with Crippen molar-refractivity contribution in [3.05, 3.63) is 116 Å². The average Bonchev–Trinajstić information content (AvgIpc) is 3.43. The van der Waals surface area contributed by atoms with Crippen LogP contribution in [-0.4, -0.2) is 42.2 Å². The van der Waals surface area contributed by atoms with Gasteiger partial charge in [0.25, 0.3) is 5.91 Å². The first-order valence-corrected chi connectivity index (χ1v) is 14.7. The van der Waals surface area contributed by atoms with E-state index < -0.39 is 11.6 Å². The number of nitrogens with one attached hydrogen (secondary N) is 1. The van der Waals surface area contributed by atoms with Crippen molar-refractivity contribution in [2.45, 2.75) is 57.2 Å². The molecule has 228 valence electrons. The van der Waals surface area contributed by atoms with Crippen molar-refractivity contribution in [1.29, 1.82) is 0 Å². The summed E-state index contributed by atoms with van der Waals surface area (Å²) in [5.74, 6) is 0.550. The zero-order valence-corrected chi connectivity index (χ0v) is 24.7. The first-order chi connectivity index (χ1) is 21.6. The second-order valence-corrected chi connectivity index (χ2v) is 10.3. The van der Waals surface area contributed by atoms with E-state index in [9.17, 15) is 10.3 Å². The largest absolute Gasteiger partial charge is 0.494 e. The number of unbranched alkanes of at least 4 members (excludes halogenated alkanes) is 2. The van der Waals surface area contributed by atoms with Crippen LogP contribution in [0.5, 0.6) is 5.75 Å². The molecule has 12 nitrogen and oxygen atoms in total. The maximum atomic E-state index is 14.4. The van der Waals surface area contributed by atoms with Crippen LogP contribution in [0.3, 0.4) is 0 Å². The number of aliphatic imine (C=N–C) groups is 1. The highest BCUT2D eigenvalue weighted by Gasteiger charge is 2.54. The van der Waals surface area contributed by atoms with Crippen molar-refractivity contribution < 1.29 is 19.4 Å². The van der Waals surface area contributed by atoms with Crippen LogP contribution in [0.15, 0.2) is 88.0 Å². The fourth-order valence-electron chi connectivity index (χ4n) is 5.12. The third-order valence-electron chi connectivity index (χ3n) is 7.35. The van der Waals surface area contributed by atoms with Crippen molar-refractivity contribution in [3.63, 3.8) is 0 Å². The van der Waals surface area contributed by atoms with Crippen LogP contribution in [0.25, 0.3) is 20.9 Å². The number of hydrogen-bond donors (Lipinski definition) is 2. The zero-order valence-electron chi connectivity index (χ0n) is 24.7. The van der Waals surface area contributed by atoms with E-state index in [4.69, 9.17) is 25.1 Å². The van der Waals surface area contributed by atoms with Gasteiger partial charge < -0.3 is 19.9 Å². The van der Waals surface area contributed by atoms with Gasteiger partial charge in [0.2, 0.25) is 5.90 Å². The Morgan fingerprint density at radius 2 is 1.77 bits per heavy atom. The molecule has 0 saturated heterocycles. The number of nitrogens with zero attached hydrogens (tertiary/aromatic N) is 7. The second-order valence-electron chi connectivity index (χ2n) is 10.3. The van der Waals surface area contributed by atoms with Crippen LogP contribution in [0.2, 0.25) is 0 Å². The molecule has 0 aromatic heterocycles. The molecule has 2 atom stereocenters. The highest BCUT2D eigenvalue weighted by Crippen LogP contribution is 2.45. The number of carbonyl (C=O) groups is 1. The Balaban J connectivity index is 1.85. The molecular weight excluding hydrogens is 560 g/mol. The summed E-state index contributed by atoms with van der Waals surface area (Å²) in [5.41, 5.74) is 19.8. The highest BCUT2D eigenvalue weighted by molar-refractivity contribution is 6.01. The molecule has 12 heteroatoms. The molecule has 3 aromatic rings. The van der Waals surface area contributed by atoms with Gasteiger partial charge in [0.15, 0.2) is 11.6 Å². The minimum absolute atomic E-state index is 0.0377. The van der Waals surface area contributed by atoms with Crippen molar-refractivity contribution in [2.75, 3.05) is 19.8 Å². The highest BCUT2D eigenvalue weighted by atomic mass is 16.5. The lowest BCUT2D eigenvalue weighted by atomic mass is 9.80. The number of benzene rings is 3. The number of aliphatic hydroxyl groups is 1. The monoisotopic (exact) mass is 596 g/mol. The molecule has 0 radical (unpaired) electrons. The smallest absolute Gasteiger partial charge is 0.252 e. The third kappa shape index (κ3) is 7.67. The second kappa shape index (κ2) is 16.0. The number of amides is 1. The molecule has 1 amide bonds. The first kappa shape index (κ1) is 31.9. The summed E-state index contributed by atoms with van der Waals surface area (Å²) in [5, 5.41) is 19.8. The van der Waals surface area contributed by atoms with E-state index in [1.165, 1.54) is 0 Å². The van der Waals surface area contributed by atoms with Crippen LogP contribution in [-0.2, 0) is 22.5 Å². The molecule has 0 unspecified atom stereocenters. The molecule has 2 N–H and O–H groups in total. The standard InChI is InChI=1S/C32H36N8O4/c1-2-3-8-18-35-31(42)32(21-24-10-4-5-11-25(24)22-36-39-33)29(27-12-6-7-13-28(27)38-40-34)44-30(37-32)23-14-16-26(17-15-23)43-20-9-19-41/h4-7,10-17,29,41H,2-3,8-9,18-22H2,1H3,(H,35,42)/t29-,32-/m1/s1. The lowest BCUT2D eigenvalue weighted by molar-refractivity contribution is -0.128. The number of aliphatic hydroxyl groups excluding tert-OH is 1. The van der Waals surface area contributed by atoms with Gasteiger partial charge in [0.1, 0.15) is 5.75 Å². The quantitative estimate of drug-likeness (QED) is 0.0782. The van der Waals surface area contributed by atoms with E-state index in [0.29, 0.717) is 42.1 Å². The summed E-state index contributed by atoms with van der Waals surface area (Å²) >= 11 is 0. The summed E-state index contributed by atoms with van der Waals surface area (Å²) in [6.45, 7) is 3.08. The number of azide groups is 2. The third-order valence-corrected chi connectivity index (χ3v) is 7.35. The Hall–Kier alpha value is -5.02. The van der Waals surface area contributed by atoms with Gasteiger partial charge in [0, 0.05) is 52.6 Å². The summed E-state index contributed by atoms with van der Waals surface area (Å²) in [6.07, 6.45) is 2.47. The lowest BCUT2D eigenvalue weighted by Crippen LogP contribution is -2.50. The van der Waals surface area contributed by atoms with Gasteiger partial charge in [-0.2, -0.15) is 0 Å². The number of hydrogen-bond acceptors (Lipinski definition) is 7. The maximum absolute atomic E-state index is 14.4. The summed E-state index contributed by atoms with van der Waals surface area (Å²) in [7, 11) is 0. The van der Waals surface area contributed by atoms with Crippen molar-refractivity contribution in [2.24, 2.45) is 15.2 Å². The molecule has 44 heavy (non-hydrogen) atoms. The Kier molecular flexibility index (Phi) is 11.6. The zero-order chi connectivity index (χ0) is 31.2. The number of ether oxygens (including phenoxy) is 2. The Labute approximate surface area is 256 Å². The fourth-order valence-corrected chi connectivity index (χ4v) is 5.12. The molecule has 1 aliphatic heterocycles. The van der Waals surface area contributed by atoms with Gasteiger partial charge in [-0.05, 0) is 52.9 Å².